The fraction of sp³-hybridized carbons (Fsp3) is 0. The van der Waals surface area contributed by atoms with E-state index < -0.39 is 0 Å². The zero-order chi connectivity index (χ0) is 10.8. The minimum atomic E-state index is -0.312. The average molecular weight is 241 g/mol. The van der Waals surface area contributed by atoms with Gasteiger partial charge in [0.25, 0.3) is 5.56 Å². The van der Waals surface area contributed by atoms with E-state index in [1.807, 2.05) is 0 Å². The molecule has 1 aromatic carbocycles. The van der Waals surface area contributed by atoms with Gasteiger partial charge >= 0.3 is 0 Å². The number of aromatic amines is 1. The van der Waals surface area contributed by atoms with Crippen LogP contribution < -0.4 is 5.56 Å². The second-order valence-corrected chi connectivity index (χ2v) is 3.68. The van der Waals surface area contributed by atoms with E-state index >= 15 is 0 Å². The molecule has 76 valence electrons. The third-order valence-corrected chi connectivity index (χ3v) is 2.54. The van der Waals surface area contributed by atoms with E-state index in [0.717, 1.165) is 0 Å². The number of hydrogen-bond donors (Lipinski definition) is 1. The lowest BCUT2D eigenvalue weighted by atomic mass is 10.1. The van der Waals surface area contributed by atoms with Crippen LogP contribution in [0.3, 0.4) is 0 Å². The maximum Gasteiger partial charge on any atom is 0.274 e. The molecule has 0 atom stereocenters. The zero-order valence-corrected chi connectivity index (χ0v) is 9.01. The van der Waals surface area contributed by atoms with Crippen molar-refractivity contribution in [2.24, 2.45) is 0 Å². The Balaban J connectivity index is 2.75. The summed E-state index contributed by atoms with van der Waals surface area (Å²) in [5.74, 6) is 0. The Bertz CT molecular complexity index is 531. The van der Waals surface area contributed by atoms with Crippen LogP contribution in [0.1, 0.15) is 0 Å². The van der Waals surface area contributed by atoms with Gasteiger partial charge in [0.2, 0.25) is 0 Å². The van der Waals surface area contributed by atoms with Crippen LogP contribution in [-0.4, -0.2) is 9.97 Å². The second-order valence-electron chi connectivity index (χ2n) is 2.86. The highest BCUT2D eigenvalue weighted by molar-refractivity contribution is 6.39. The molecule has 1 heterocycles. The van der Waals surface area contributed by atoms with Crippen LogP contribution in [0.25, 0.3) is 11.3 Å². The first kappa shape index (κ1) is 10.2. The van der Waals surface area contributed by atoms with Crippen LogP contribution in [0.15, 0.2) is 35.4 Å². The van der Waals surface area contributed by atoms with Gasteiger partial charge in [-0.2, -0.15) is 0 Å². The van der Waals surface area contributed by atoms with Crippen LogP contribution in [0.5, 0.6) is 0 Å². The molecule has 1 aromatic heterocycles. The first-order valence-electron chi connectivity index (χ1n) is 4.18. The van der Waals surface area contributed by atoms with Gasteiger partial charge in [0, 0.05) is 18.0 Å². The van der Waals surface area contributed by atoms with Crippen molar-refractivity contribution in [2.75, 3.05) is 0 Å². The molecule has 0 aliphatic rings. The van der Waals surface area contributed by atoms with E-state index in [0.29, 0.717) is 15.6 Å². The van der Waals surface area contributed by atoms with Gasteiger partial charge in [-0.3, -0.25) is 4.79 Å². The molecule has 0 saturated heterocycles. The molecule has 0 amide bonds. The third-order valence-electron chi connectivity index (χ3n) is 1.91. The van der Waals surface area contributed by atoms with Crippen molar-refractivity contribution in [1.82, 2.24) is 9.97 Å². The Labute approximate surface area is 95.7 Å². The number of benzene rings is 1. The van der Waals surface area contributed by atoms with Gasteiger partial charge in [0.15, 0.2) is 0 Å². The summed E-state index contributed by atoms with van der Waals surface area (Å²) in [7, 11) is 0. The molecule has 5 heteroatoms. The summed E-state index contributed by atoms with van der Waals surface area (Å²) < 4.78 is 0. The summed E-state index contributed by atoms with van der Waals surface area (Å²) in [5, 5.41) is 0.818. The predicted octanol–water partition coefficient (Wildman–Crippen LogP) is 2.74. The minimum Gasteiger partial charge on any atom is -0.326 e. The molecule has 0 saturated carbocycles. The number of nitrogens with zero attached hydrogens (tertiary/aromatic N) is 1. The van der Waals surface area contributed by atoms with Gasteiger partial charge in [0.1, 0.15) is 5.69 Å². The Morgan fingerprint density at radius 3 is 2.47 bits per heavy atom. The predicted molar refractivity (Wildman–Crippen MR) is 60.3 cm³/mol. The SMILES string of the molecule is O=c1[nH]ccnc1-c1c(Cl)cccc1Cl. The number of halogens is 2. The first-order chi connectivity index (χ1) is 7.20. The van der Waals surface area contributed by atoms with E-state index in [1.54, 1.807) is 18.2 Å². The lowest BCUT2D eigenvalue weighted by Gasteiger charge is -2.04. The Hall–Kier alpha value is -1.32. The fourth-order valence-corrected chi connectivity index (χ4v) is 1.83. The molecule has 0 aliphatic carbocycles. The number of aromatic nitrogens is 2. The smallest absolute Gasteiger partial charge is 0.274 e. The van der Waals surface area contributed by atoms with Crippen molar-refractivity contribution in [3.63, 3.8) is 0 Å². The molecule has 0 fully saturated rings. The molecule has 15 heavy (non-hydrogen) atoms. The monoisotopic (exact) mass is 240 g/mol. The highest BCUT2D eigenvalue weighted by atomic mass is 35.5. The van der Waals surface area contributed by atoms with Crippen LogP contribution in [0.4, 0.5) is 0 Å². The molecule has 0 unspecified atom stereocenters. The maximum atomic E-state index is 11.5. The van der Waals surface area contributed by atoms with Gasteiger partial charge in [-0.05, 0) is 12.1 Å². The second kappa shape index (κ2) is 4.04. The molecule has 0 spiro atoms. The molecular weight excluding hydrogens is 235 g/mol. The highest BCUT2D eigenvalue weighted by Gasteiger charge is 2.12. The Morgan fingerprint density at radius 2 is 1.87 bits per heavy atom. The van der Waals surface area contributed by atoms with Crippen molar-refractivity contribution < 1.29 is 0 Å². The quantitative estimate of drug-likeness (QED) is 0.834. The highest BCUT2D eigenvalue weighted by Crippen LogP contribution is 2.31. The van der Waals surface area contributed by atoms with Crippen molar-refractivity contribution in [3.05, 3.63) is 51.0 Å². The van der Waals surface area contributed by atoms with Gasteiger partial charge in [-0.25, -0.2) is 4.98 Å². The molecule has 3 nitrogen and oxygen atoms in total. The van der Waals surface area contributed by atoms with Gasteiger partial charge in [-0.1, -0.05) is 29.3 Å². The van der Waals surface area contributed by atoms with Crippen molar-refractivity contribution in [2.45, 2.75) is 0 Å². The summed E-state index contributed by atoms with van der Waals surface area (Å²) >= 11 is 11.9. The Kier molecular flexibility index (Phi) is 2.75. The van der Waals surface area contributed by atoms with Gasteiger partial charge < -0.3 is 4.98 Å². The number of nitrogens with one attached hydrogen (secondary N) is 1. The first-order valence-corrected chi connectivity index (χ1v) is 4.94. The van der Waals surface area contributed by atoms with Crippen molar-refractivity contribution >= 4 is 23.2 Å². The van der Waals surface area contributed by atoms with Crippen LogP contribution in [0.2, 0.25) is 10.0 Å². The molecule has 0 bridgehead atoms. The summed E-state index contributed by atoms with van der Waals surface area (Å²) in [6, 6.07) is 5.04. The Morgan fingerprint density at radius 1 is 1.20 bits per heavy atom. The number of rotatable bonds is 1. The van der Waals surface area contributed by atoms with Crippen LogP contribution in [0, 0.1) is 0 Å². The van der Waals surface area contributed by atoms with Crippen LogP contribution >= 0.6 is 23.2 Å². The van der Waals surface area contributed by atoms with Gasteiger partial charge in [0.05, 0.1) is 10.0 Å². The number of H-pyrrole nitrogens is 1. The average Bonchev–Trinajstić information content (AvgIpc) is 2.20. The summed E-state index contributed by atoms with van der Waals surface area (Å²) in [4.78, 5) is 18.0. The van der Waals surface area contributed by atoms with Crippen LogP contribution in [-0.2, 0) is 0 Å². The lowest BCUT2D eigenvalue weighted by Crippen LogP contribution is -2.10. The van der Waals surface area contributed by atoms with E-state index in [1.165, 1.54) is 12.4 Å². The van der Waals surface area contributed by atoms with E-state index in [4.69, 9.17) is 23.2 Å². The van der Waals surface area contributed by atoms with E-state index in [-0.39, 0.29) is 11.3 Å². The number of hydrogen-bond acceptors (Lipinski definition) is 2. The zero-order valence-electron chi connectivity index (χ0n) is 7.50. The summed E-state index contributed by atoms with van der Waals surface area (Å²) in [6.45, 7) is 0. The maximum absolute atomic E-state index is 11.5. The van der Waals surface area contributed by atoms with E-state index in [2.05, 4.69) is 9.97 Å². The lowest BCUT2D eigenvalue weighted by molar-refractivity contribution is 1.14. The summed E-state index contributed by atoms with van der Waals surface area (Å²) in [6.07, 6.45) is 2.94. The topological polar surface area (TPSA) is 45.8 Å². The molecule has 1 N–H and O–H groups in total. The third kappa shape index (κ3) is 1.89. The van der Waals surface area contributed by atoms with Gasteiger partial charge in [-0.15, -0.1) is 0 Å². The minimum absolute atomic E-state index is 0.230. The largest absolute Gasteiger partial charge is 0.326 e. The molecule has 2 aromatic rings. The normalized spacial score (nSPS) is 10.3. The molecule has 2 rings (SSSR count). The van der Waals surface area contributed by atoms with Crippen molar-refractivity contribution in [1.29, 1.82) is 0 Å². The fourth-order valence-electron chi connectivity index (χ4n) is 1.25. The standard InChI is InChI=1S/C10H6Cl2N2O/c11-6-2-1-3-7(12)8(6)9-10(15)14-5-4-13-9/h1-5H,(H,14,15). The molecular formula is C10H6Cl2N2O. The van der Waals surface area contributed by atoms with E-state index in [9.17, 15) is 4.79 Å². The van der Waals surface area contributed by atoms with Crippen molar-refractivity contribution in [3.8, 4) is 11.3 Å². The molecule has 0 aliphatic heterocycles. The molecule has 0 radical (unpaired) electrons. The summed E-state index contributed by atoms with van der Waals surface area (Å²) in [5.41, 5.74) is 0.378.